The van der Waals surface area contributed by atoms with Gasteiger partial charge in [0.05, 0.1) is 11.5 Å². The molecule has 0 unspecified atom stereocenters. The first-order valence-electron chi connectivity index (χ1n) is 7.31. The predicted octanol–water partition coefficient (Wildman–Crippen LogP) is 1.72. The van der Waals surface area contributed by atoms with Crippen molar-refractivity contribution in [2.24, 2.45) is 5.92 Å². The van der Waals surface area contributed by atoms with E-state index in [1.807, 2.05) is 0 Å². The molecule has 1 aromatic rings. The van der Waals surface area contributed by atoms with Crippen LogP contribution >= 0.6 is 0 Å². The van der Waals surface area contributed by atoms with Crippen molar-refractivity contribution in [3.8, 4) is 0 Å². The van der Waals surface area contributed by atoms with Crippen molar-refractivity contribution >= 4 is 15.7 Å². The van der Waals surface area contributed by atoms with Gasteiger partial charge in [0.25, 0.3) is 0 Å². The molecular formula is C15H17F2NO3S. The lowest BCUT2D eigenvalue weighted by molar-refractivity contribution is -0.132. The van der Waals surface area contributed by atoms with Gasteiger partial charge in [0.15, 0.2) is 9.84 Å². The summed E-state index contributed by atoms with van der Waals surface area (Å²) >= 11 is 0. The third-order valence-electron chi connectivity index (χ3n) is 4.34. The van der Waals surface area contributed by atoms with E-state index in [2.05, 4.69) is 0 Å². The third-order valence-corrected chi connectivity index (χ3v) is 6.05. The van der Waals surface area contributed by atoms with Crippen molar-refractivity contribution in [2.45, 2.75) is 18.8 Å². The number of nitrogens with zero attached hydrogens (tertiary/aromatic N) is 1. The predicted molar refractivity (Wildman–Crippen MR) is 77.1 cm³/mol. The lowest BCUT2D eigenvalue weighted by Crippen LogP contribution is -2.35. The van der Waals surface area contributed by atoms with Crippen molar-refractivity contribution in [3.63, 3.8) is 0 Å². The highest BCUT2D eigenvalue weighted by molar-refractivity contribution is 7.91. The van der Waals surface area contributed by atoms with E-state index in [4.69, 9.17) is 0 Å². The Morgan fingerprint density at radius 2 is 1.95 bits per heavy atom. The monoisotopic (exact) mass is 329 g/mol. The number of amides is 1. The lowest BCUT2D eigenvalue weighted by atomic mass is 10.1. The molecule has 1 aliphatic carbocycles. The first kappa shape index (κ1) is 15.4. The van der Waals surface area contributed by atoms with Gasteiger partial charge >= 0.3 is 0 Å². The molecule has 1 amide bonds. The van der Waals surface area contributed by atoms with Crippen LogP contribution in [0.3, 0.4) is 0 Å². The van der Waals surface area contributed by atoms with Gasteiger partial charge in [0.1, 0.15) is 11.6 Å². The zero-order valence-electron chi connectivity index (χ0n) is 12.0. The number of rotatable bonds is 2. The van der Waals surface area contributed by atoms with E-state index >= 15 is 0 Å². The summed E-state index contributed by atoms with van der Waals surface area (Å²) in [4.78, 5) is 14.0. The molecule has 1 saturated carbocycles. The topological polar surface area (TPSA) is 54.5 Å². The van der Waals surface area contributed by atoms with E-state index in [1.165, 1.54) is 12.1 Å². The van der Waals surface area contributed by atoms with Gasteiger partial charge in [-0.05, 0) is 30.4 Å². The Kier molecular flexibility index (Phi) is 3.92. The Labute approximate surface area is 128 Å². The molecule has 2 aliphatic rings. The summed E-state index contributed by atoms with van der Waals surface area (Å²) in [5, 5.41) is 0. The van der Waals surface area contributed by atoms with Crippen molar-refractivity contribution in [1.82, 2.24) is 4.90 Å². The van der Waals surface area contributed by atoms with Gasteiger partial charge in [0, 0.05) is 25.1 Å². The van der Waals surface area contributed by atoms with Gasteiger partial charge in [-0.25, -0.2) is 17.2 Å². The average molecular weight is 329 g/mol. The maximum Gasteiger partial charge on any atom is 0.226 e. The van der Waals surface area contributed by atoms with Gasteiger partial charge in [-0.3, -0.25) is 4.79 Å². The first-order chi connectivity index (χ1) is 10.4. The third kappa shape index (κ3) is 3.14. The summed E-state index contributed by atoms with van der Waals surface area (Å²) in [5.74, 6) is -1.83. The van der Waals surface area contributed by atoms with E-state index in [0.717, 1.165) is 6.07 Å². The van der Waals surface area contributed by atoms with Crippen molar-refractivity contribution < 1.29 is 22.0 Å². The molecule has 0 N–H and O–H groups in total. The van der Waals surface area contributed by atoms with E-state index in [0.29, 0.717) is 24.9 Å². The lowest BCUT2D eigenvalue weighted by Gasteiger charge is -2.19. The molecule has 7 heteroatoms. The molecule has 1 aromatic carbocycles. The standard InChI is InChI=1S/C15H17F2NO3S/c16-10-2-3-11(14(17)8-10)12-9-13(12)15(19)18-4-1-6-22(20,21)7-5-18/h2-3,8,12-13H,1,4-7,9H2/t12-,13+/m0/s1. The van der Waals surface area contributed by atoms with Crippen LogP contribution in [0.15, 0.2) is 18.2 Å². The number of carbonyl (C=O) groups excluding carboxylic acids is 1. The van der Waals surface area contributed by atoms with E-state index in [1.54, 1.807) is 4.90 Å². The molecule has 0 radical (unpaired) electrons. The first-order valence-corrected chi connectivity index (χ1v) is 9.14. The summed E-state index contributed by atoms with van der Waals surface area (Å²) in [7, 11) is -3.06. The Balaban J connectivity index is 1.67. The molecular weight excluding hydrogens is 312 g/mol. The largest absolute Gasteiger partial charge is 0.341 e. The van der Waals surface area contributed by atoms with Gasteiger partial charge < -0.3 is 4.90 Å². The molecule has 2 atom stereocenters. The van der Waals surface area contributed by atoms with Crippen LogP contribution in [0.2, 0.25) is 0 Å². The molecule has 1 heterocycles. The van der Waals surface area contributed by atoms with Gasteiger partial charge in [-0.1, -0.05) is 6.07 Å². The van der Waals surface area contributed by atoms with Gasteiger partial charge in [-0.15, -0.1) is 0 Å². The number of carbonyl (C=O) groups is 1. The van der Waals surface area contributed by atoms with Crippen molar-refractivity contribution in [1.29, 1.82) is 0 Å². The van der Waals surface area contributed by atoms with Crippen molar-refractivity contribution in [3.05, 3.63) is 35.4 Å². The number of halogens is 2. The highest BCUT2D eigenvalue weighted by Gasteiger charge is 2.47. The van der Waals surface area contributed by atoms with Gasteiger partial charge in [-0.2, -0.15) is 0 Å². The summed E-state index contributed by atoms with van der Waals surface area (Å²) < 4.78 is 49.8. The molecule has 22 heavy (non-hydrogen) atoms. The fourth-order valence-electron chi connectivity index (χ4n) is 3.01. The van der Waals surface area contributed by atoms with Crippen LogP contribution in [0.4, 0.5) is 8.78 Å². The maximum absolute atomic E-state index is 13.7. The van der Waals surface area contributed by atoms with E-state index in [-0.39, 0.29) is 35.8 Å². The zero-order chi connectivity index (χ0) is 15.9. The molecule has 120 valence electrons. The Bertz CT molecular complexity index is 705. The van der Waals surface area contributed by atoms with Crippen molar-refractivity contribution in [2.75, 3.05) is 24.6 Å². The van der Waals surface area contributed by atoms with E-state index < -0.39 is 21.5 Å². The maximum atomic E-state index is 13.7. The van der Waals surface area contributed by atoms with Crippen LogP contribution < -0.4 is 0 Å². The van der Waals surface area contributed by atoms with Crippen LogP contribution in [-0.2, 0) is 14.6 Å². The SMILES string of the molecule is O=C([C@@H]1C[C@H]1c1ccc(F)cc1F)N1CCCS(=O)(=O)CC1. The van der Waals surface area contributed by atoms with Crippen LogP contribution in [0.5, 0.6) is 0 Å². The fraction of sp³-hybridized carbons (Fsp3) is 0.533. The van der Waals surface area contributed by atoms with Crippen LogP contribution in [0, 0.1) is 17.6 Å². The quantitative estimate of drug-likeness (QED) is 0.830. The average Bonchev–Trinajstić information content (AvgIpc) is 3.22. The number of benzene rings is 1. The molecule has 1 aliphatic heterocycles. The minimum Gasteiger partial charge on any atom is -0.341 e. The normalized spacial score (nSPS) is 27.3. The Morgan fingerprint density at radius 1 is 1.18 bits per heavy atom. The number of hydrogen-bond donors (Lipinski definition) is 0. The Morgan fingerprint density at radius 3 is 2.68 bits per heavy atom. The smallest absolute Gasteiger partial charge is 0.226 e. The minimum atomic E-state index is -3.06. The second-order valence-corrected chi connectivity index (χ2v) is 8.25. The summed E-state index contributed by atoms with van der Waals surface area (Å²) in [6.45, 7) is 0.628. The molecule has 0 bridgehead atoms. The van der Waals surface area contributed by atoms with Crippen LogP contribution in [0.25, 0.3) is 0 Å². The second kappa shape index (κ2) is 5.61. The summed E-state index contributed by atoms with van der Waals surface area (Å²) in [6.07, 6.45) is 0.973. The number of sulfone groups is 1. The Hall–Kier alpha value is -1.50. The molecule has 4 nitrogen and oxygen atoms in total. The number of hydrogen-bond acceptors (Lipinski definition) is 3. The summed E-state index contributed by atoms with van der Waals surface area (Å²) in [6, 6.07) is 3.40. The second-order valence-electron chi connectivity index (χ2n) is 5.95. The summed E-state index contributed by atoms with van der Waals surface area (Å²) in [5.41, 5.74) is 0.363. The molecule has 3 rings (SSSR count). The van der Waals surface area contributed by atoms with Gasteiger partial charge in [0.2, 0.25) is 5.91 Å². The minimum absolute atomic E-state index is 0.0129. The highest BCUT2D eigenvalue weighted by atomic mass is 32.2. The zero-order valence-corrected chi connectivity index (χ0v) is 12.8. The molecule has 2 fully saturated rings. The molecule has 0 aromatic heterocycles. The highest BCUT2D eigenvalue weighted by Crippen LogP contribution is 2.49. The fourth-order valence-corrected chi connectivity index (χ4v) is 4.28. The molecule has 1 saturated heterocycles. The van der Waals surface area contributed by atoms with E-state index in [9.17, 15) is 22.0 Å². The molecule has 0 spiro atoms. The van der Waals surface area contributed by atoms with Crippen LogP contribution in [-0.4, -0.2) is 43.8 Å². The van der Waals surface area contributed by atoms with Crippen LogP contribution in [0.1, 0.15) is 24.3 Å².